The van der Waals surface area contributed by atoms with Crippen LogP contribution in [-0.4, -0.2) is 23.5 Å². The van der Waals surface area contributed by atoms with E-state index in [4.69, 9.17) is 4.74 Å². The van der Waals surface area contributed by atoms with Crippen LogP contribution < -0.4 is 10.1 Å². The lowest BCUT2D eigenvalue weighted by Crippen LogP contribution is -2.41. The van der Waals surface area contributed by atoms with Crippen molar-refractivity contribution in [2.24, 2.45) is 0 Å². The fraction of sp³-hybridized carbons (Fsp3) is 0.280. The van der Waals surface area contributed by atoms with Gasteiger partial charge in [0.2, 0.25) is 0 Å². The van der Waals surface area contributed by atoms with E-state index < -0.39 is 6.04 Å². The Kier molecular flexibility index (Phi) is 9.18. The van der Waals surface area contributed by atoms with Gasteiger partial charge in [-0.15, -0.1) is 11.8 Å². The number of hydrogen-bond donors (Lipinski definition) is 1. The molecule has 0 aliphatic rings. The van der Waals surface area contributed by atoms with Crippen LogP contribution in [0.25, 0.3) is 0 Å². The van der Waals surface area contributed by atoms with Crippen molar-refractivity contribution in [3.8, 4) is 11.5 Å². The number of nitrogens with one attached hydrogen (secondary N) is 1. The molecule has 1 heterocycles. The number of amides is 1. The standard InChI is InChI=1S/C25H27NO3S2/c1-2-3-12-23(24(27)18-31-17-19-13-14-30-16-19)26-25(28)20-8-7-11-22(15-20)29-21-9-5-4-6-10-21/h4-11,13-16,23H,2-3,12,17-18H2,1H3,(H,26,28)/t23-/m0/s1. The minimum absolute atomic E-state index is 0.0683. The first-order valence-electron chi connectivity index (χ1n) is 10.4. The van der Waals surface area contributed by atoms with Gasteiger partial charge < -0.3 is 10.1 Å². The highest BCUT2D eigenvalue weighted by molar-refractivity contribution is 7.99. The molecular formula is C25H27NO3S2. The van der Waals surface area contributed by atoms with Gasteiger partial charge in [-0.2, -0.15) is 11.3 Å². The second kappa shape index (κ2) is 12.3. The van der Waals surface area contributed by atoms with Crippen molar-refractivity contribution >= 4 is 34.8 Å². The lowest BCUT2D eigenvalue weighted by Gasteiger charge is -2.18. The molecule has 1 amide bonds. The number of para-hydroxylation sites is 1. The second-order valence-electron chi connectivity index (χ2n) is 7.20. The third-order valence-electron chi connectivity index (χ3n) is 4.71. The first-order chi connectivity index (χ1) is 15.2. The van der Waals surface area contributed by atoms with Crippen LogP contribution in [0.3, 0.4) is 0 Å². The van der Waals surface area contributed by atoms with Crippen LogP contribution in [0.2, 0.25) is 0 Å². The predicted molar refractivity (Wildman–Crippen MR) is 129 cm³/mol. The van der Waals surface area contributed by atoms with Crippen LogP contribution >= 0.6 is 23.1 Å². The van der Waals surface area contributed by atoms with E-state index in [2.05, 4.69) is 23.7 Å². The highest BCUT2D eigenvalue weighted by atomic mass is 32.2. The lowest BCUT2D eigenvalue weighted by atomic mass is 10.1. The average Bonchev–Trinajstić information content (AvgIpc) is 3.31. The molecule has 0 aliphatic carbocycles. The van der Waals surface area contributed by atoms with Crippen LogP contribution in [0, 0.1) is 0 Å². The van der Waals surface area contributed by atoms with Gasteiger partial charge in [-0.25, -0.2) is 0 Å². The highest BCUT2D eigenvalue weighted by Crippen LogP contribution is 2.22. The van der Waals surface area contributed by atoms with Crippen LogP contribution in [0.1, 0.15) is 42.1 Å². The monoisotopic (exact) mass is 453 g/mol. The molecule has 0 spiro atoms. The van der Waals surface area contributed by atoms with Crippen molar-refractivity contribution in [3.63, 3.8) is 0 Å². The normalized spacial score (nSPS) is 11.6. The van der Waals surface area contributed by atoms with Gasteiger partial charge in [0.1, 0.15) is 11.5 Å². The molecule has 0 radical (unpaired) electrons. The smallest absolute Gasteiger partial charge is 0.251 e. The van der Waals surface area contributed by atoms with Crippen molar-refractivity contribution in [1.29, 1.82) is 0 Å². The molecule has 0 aliphatic heterocycles. The molecule has 0 unspecified atom stereocenters. The van der Waals surface area contributed by atoms with Crippen molar-refractivity contribution < 1.29 is 14.3 Å². The number of carbonyl (C=O) groups is 2. The zero-order valence-electron chi connectivity index (χ0n) is 17.6. The average molecular weight is 454 g/mol. The number of ether oxygens (including phenoxy) is 1. The van der Waals surface area contributed by atoms with Crippen molar-refractivity contribution in [3.05, 3.63) is 82.6 Å². The molecule has 6 heteroatoms. The summed E-state index contributed by atoms with van der Waals surface area (Å²) < 4.78 is 5.83. The summed E-state index contributed by atoms with van der Waals surface area (Å²) in [4.78, 5) is 25.7. The predicted octanol–water partition coefficient (Wildman–Crippen LogP) is 6.33. The Morgan fingerprint density at radius 3 is 2.61 bits per heavy atom. The Labute approximate surface area is 192 Å². The number of unbranched alkanes of at least 4 members (excludes halogenated alkanes) is 1. The first-order valence-corrected chi connectivity index (χ1v) is 12.5. The van der Waals surface area contributed by atoms with Gasteiger partial charge in [0.15, 0.2) is 5.78 Å². The molecule has 3 aromatic rings. The Balaban J connectivity index is 1.60. The minimum Gasteiger partial charge on any atom is -0.457 e. The maximum atomic E-state index is 12.9. The number of Topliss-reactive ketones (excluding diaryl/α,β-unsaturated/α-hetero) is 1. The van der Waals surface area contributed by atoms with Crippen molar-refractivity contribution in [2.45, 2.75) is 38.0 Å². The van der Waals surface area contributed by atoms with E-state index in [1.54, 1.807) is 41.3 Å². The first kappa shape index (κ1) is 23.1. The van der Waals surface area contributed by atoms with E-state index in [0.717, 1.165) is 18.6 Å². The molecule has 0 bridgehead atoms. The molecule has 1 atom stereocenters. The molecule has 0 saturated carbocycles. The molecule has 0 saturated heterocycles. The summed E-state index contributed by atoms with van der Waals surface area (Å²) in [7, 11) is 0. The molecule has 1 N–H and O–H groups in total. The Morgan fingerprint density at radius 1 is 1.06 bits per heavy atom. The van der Waals surface area contributed by atoms with E-state index in [1.165, 1.54) is 5.56 Å². The van der Waals surface area contributed by atoms with Crippen LogP contribution in [0.5, 0.6) is 11.5 Å². The van der Waals surface area contributed by atoms with E-state index in [-0.39, 0.29) is 11.7 Å². The summed E-state index contributed by atoms with van der Waals surface area (Å²) in [6, 6.07) is 18.1. The SMILES string of the molecule is CCCC[C@H](NC(=O)c1cccc(Oc2ccccc2)c1)C(=O)CSCc1ccsc1. The molecule has 0 fully saturated rings. The zero-order valence-corrected chi connectivity index (χ0v) is 19.2. The van der Waals surface area contributed by atoms with E-state index in [9.17, 15) is 9.59 Å². The number of hydrogen-bond acceptors (Lipinski definition) is 5. The zero-order chi connectivity index (χ0) is 21.9. The quantitative estimate of drug-likeness (QED) is 0.348. The summed E-state index contributed by atoms with van der Waals surface area (Å²) in [6.45, 7) is 2.08. The maximum Gasteiger partial charge on any atom is 0.251 e. The maximum absolute atomic E-state index is 12.9. The van der Waals surface area contributed by atoms with Gasteiger partial charge >= 0.3 is 0 Å². The fourth-order valence-corrected chi connectivity index (χ4v) is 4.73. The number of rotatable bonds is 12. The number of ketones is 1. The van der Waals surface area contributed by atoms with Gasteiger partial charge in [0, 0.05) is 11.3 Å². The van der Waals surface area contributed by atoms with E-state index >= 15 is 0 Å². The summed E-state index contributed by atoms with van der Waals surface area (Å²) in [5.74, 6) is 2.30. The molecule has 162 valence electrons. The Hall–Kier alpha value is -2.57. The summed E-state index contributed by atoms with van der Waals surface area (Å²) in [5, 5.41) is 7.08. The van der Waals surface area contributed by atoms with Crippen LogP contribution in [0.4, 0.5) is 0 Å². The topological polar surface area (TPSA) is 55.4 Å². The molecule has 3 rings (SSSR count). The van der Waals surface area contributed by atoms with Gasteiger partial charge in [0.05, 0.1) is 11.8 Å². The molecule has 4 nitrogen and oxygen atoms in total. The fourth-order valence-electron chi connectivity index (χ4n) is 3.03. The van der Waals surface area contributed by atoms with Crippen molar-refractivity contribution in [1.82, 2.24) is 5.32 Å². The van der Waals surface area contributed by atoms with E-state index in [1.807, 2.05) is 41.8 Å². The minimum atomic E-state index is -0.471. The van der Waals surface area contributed by atoms with Gasteiger partial charge in [-0.1, -0.05) is 44.0 Å². The number of benzene rings is 2. The third kappa shape index (κ3) is 7.56. The number of thioether (sulfide) groups is 1. The Morgan fingerprint density at radius 2 is 1.87 bits per heavy atom. The lowest BCUT2D eigenvalue weighted by molar-refractivity contribution is -0.118. The molecule has 31 heavy (non-hydrogen) atoms. The molecular weight excluding hydrogens is 426 g/mol. The van der Waals surface area contributed by atoms with Crippen LogP contribution in [0.15, 0.2) is 71.4 Å². The largest absolute Gasteiger partial charge is 0.457 e. The molecule has 2 aromatic carbocycles. The number of thiophene rings is 1. The summed E-state index contributed by atoms with van der Waals surface area (Å²) in [6.07, 6.45) is 2.52. The van der Waals surface area contributed by atoms with Crippen molar-refractivity contribution in [2.75, 3.05) is 5.75 Å². The summed E-state index contributed by atoms with van der Waals surface area (Å²) >= 11 is 3.25. The van der Waals surface area contributed by atoms with Gasteiger partial charge in [-0.05, 0) is 59.1 Å². The van der Waals surface area contributed by atoms with Gasteiger partial charge in [0.25, 0.3) is 5.91 Å². The van der Waals surface area contributed by atoms with E-state index in [0.29, 0.717) is 29.2 Å². The summed E-state index contributed by atoms with van der Waals surface area (Å²) in [5.41, 5.74) is 1.71. The Bertz CT molecular complexity index is 958. The highest BCUT2D eigenvalue weighted by Gasteiger charge is 2.21. The second-order valence-corrected chi connectivity index (χ2v) is 8.97. The van der Waals surface area contributed by atoms with Crippen LogP contribution in [-0.2, 0) is 10.5 Å². The number of carbonyl (C=O) groups excluding carboxylic acids is 2. The third-order valence-corrected chi connectivity index (χ3v) is 6.47. The van der Waals surface area contributed by atoms with Gasteiger partial charge in [-0.3, -0.25) is 9.59 Å². The molecule has 1 aromatic heterocycles.